The third-order valence-electron chi connectivity index (χ3n) is 2.96. The Morgan fingerprint density at radius 3 is 3.00 bits per heavy atom. The second-order valence-electron chi connectivity index (χ2n) is 4.22. The topological polar surface area (TPSA) is 52.6 Å². The molecule has 1 heterocycles. The van der Waals surface area contributed by atoms with E-state index in [1.54, 1.807) is 6.07 Å². The quantitative estimate of drug-likeness (QED) is 0.798. The van der Waals surface area contributed by atoms with Crippen LogP contribution in [0.15, 0.2) is 18.2 Å². The summed E-state index contributed by atoms with van der Waals surface area (Å²) >= 11 is 5.80. The number of phenols is 1. The number of rotatable bonds is 1. The lowest BCUT2D eigenvalue weighted by atomic mass is 10.1. The van der Waals surface area contributed by atoms with E-state index in [0.29, 0.717) is 12.1 Å². The number of amides is 1. The second kappa shape index (κ2) is 4.94. The average molecular weight is 255 g/mol. The zero-order chi connectivity index (χ0) is 12.4. The van der Waals surface area contributed by atoms with Crippen LogP contribution in [0.5, 0.6) is 5.75 Å². The molecule has 0 unspecified atom stereocenters. The fourth-order valence-electron chi connectivity index (χ4n) is 1.95. The normalized spacial score (nSPS) is 20.4. The van der Waals surface area contributed by atoms with E-state index in [-0.39, 0.29) is 22.7 Å². The van der Waals surface area contributed by atoms with Crippen molar-refractivity contribution in [3.05, 3.63) is 28.8 Å². The van der Waals surface area contributed by atoms with E-state index in [4.69, 9.17) is 11.6 Å². The molecule has 17 heavy (non-hydrogen) atoms. The predicted molar refractivity (Wildman–Crippen MR) is 66.5 cm³/mol. The molecule has 1 fully saturated rings. The summed E-state index contributed by atoms with van der Waals surface area (Å²) in [6.07, 6.45) is 0. The monoisotopic (exact) mass is 254 g/mol. The maximum Gasteiger partial charge on any atom is 0.254 e. The van der Waals surface area contributed by atoms with Gasteiger partial charge in [0, 0.05) is 31.2 Å². The zero-order valence-corrected chi connectivity index (χ0v) is 10.4. The lowest BCUT2D eigenvalue weighted by Gasteiger charge is -2.34. The van der Waals surface area contributed by atoms with Gasteiger partial charge in [-0.25, -0.2) is 0 Å². The van der Waals surface area contributed by atoms with Gasteiger partial charge in [-0.3, -0.25) is 4.79 Å². The van der Waals surface area contributed by atoms with Crippen LogP contribution in [-0.4, -0.2) is 41.6 Å². The molecular formula is C12H15ClN2O2. The number of carbonyl (C=O) groups is 1. The minimum atomic E-state index is -0.0408. The molecule has 1 atom stereocenters. The maximum atomic E-state index is 12.2. The fourth-order valence-corrected chi connectivity index (χ4v) is 2.13. The molecule has 0 radical (unpaired) electrons. The first-order valence-corrected chi connectivity index (χ1v) is 5.97. The number of aromatic hydroxyl groups is 1. The summed E-state index contributed by atoms with van der Waals surface area (Å²) in [6.45, 7) is 4.31. The molecule has 0 aromatic heterocycles. The Kier molecular flexibility index (Phi) is 3.54. The van der Waals surface area contributed by atoms with Crippen LogP contribution in [0, 0.1) is 0 Å². The molecule has 0 saturated carbocycles. The number of nitrogens with one attached hydrogen (secondary N) is 1. The lowest BCUT2D eigenvalue weighted by molar-refractivity contribution is 0.0656. The molecule has 5 heteroatoms. The Labute approximate surface area is 105 Å². The van der Waals surface area contributed by atoms with Gasteiger partial charge in [-0.15, -0.1) is 0 Å². The van der Waals surface area contributed by atoms with Crippen molar-refractivity contribution in [3.8, 4) is 5.75 Å². The van der Waals surface area contributed by atoms with Gasteiger partial charge < -0.3 is 15.3 Å². The summed E-state index contributed by atoms with van der Waals surface area (Å²) in [5, 5.41) is 12.8. The van der Waals surface area contributed by atoms with Crippen LogP contribution in [0.25, 0.3) is 0 Å². The Bertz CT molecular complexity index is 437. The number of phenolic OH excluding ortho intramolecular Hbond substituents is 1. The molecule has 0 spiro atoms. The molecule has 0 aliphatic carbocycles. The van der Waals surface area contributed by atoms with Crippen LogP contribution < -0.4 is 5.32 Å². The van der Waals surface area contributed by atoms with E-state index in [1.807, 2.05) is 11.8 Å². The van der Waals surface area contributed by atoms with Crippen molar-refractivity contribution < 1.29 is 9.90 Å². The Balaban J connectivity index is 2.21. The number of carbonyl (C=O) groups excluding carboxylic acids is 1. The first-order valence-electron chi connectivity index (χ1n) is 5.60. The number of nitrogens with zero attached hydrogens (tertiary/aromatic N) is 1. The molecule has 1 saturated heterocycles. The lowest BCUT2D eigenvalue weighted by Crippen LogP contribution is -2.52. The molecule has 1 aromatic carbocycles. The van der Waals surface area contributed by atoms with E-state index >= 15 is 0 Å². The minimum absolute atomic E-state index is 0.00317. The van der Waals surface area contributed by atoms with Crippen molar-refractivity contribution in [2.75, 3.05) is 19.6 Å². The third kappa shape index (κ3) is 2.53. The van der Waals surface area contributed by atoms with Crippen LogP contribution in [0.1, 0.15) is 17.3 Å². The summed E-state index contributed by atoms with van der Waals surface area (Å²) in [5.74, 6) is -0.0440. The summed E-state index contributed by atoms with van der Waals surface area (Å²) in [5.41, 5.74) is 0.515. The van der Waals surface area contributed by atoms with Crippen molar-refractivity contribution in [1.82, 2.24) is 10.2 Å². The highest BCUT2D eigenvalue weighted by atomic mass is 35.5. The predicted octanol–water partition coefficient (Wildman–Crippen LogP) is 1.48. The first kappa shape index (κ1) is 12.2. The Morgan fingerprint density at radius 1 is 1.59 bits per heavy atom. The highest BCUT2D eigenvalue weighted by Crippen LogP contribution is 2.24. The SMILES string of the molecule is C[C@@H]1CNCCN1C(=O)c1ccc(O)c(Cl)c1. The smallest absolute Gasteiger partial charge is 0.254 e. The molecule has 1 aliphatic rings. The van der Waals surface area contributed by atoms with Crippen molar-refractivity contribution in [1.29, 1.82) is 0 Å². The second-order valence-corrected chi connectivity index (χ2v) is 4.63. The highest BCUT2D eigenvalue weighted by Gasteiger charge is 2.24. The van der Waals surface area contributed by atoms with E-state index < -0.39 is 0 Å². The Hall–Kier alpha value is -1.26. The van der Waals surface area contributed by atoms with Crippen LogP contribution in [0.4, 0.5) is 0 Å². The summed E-state index contributed by atoms with van der Waals surface area (Å²) in [6, 6.07) is 4.72. The molecule has 92 valence electrons. The van der Waals surface area contributed by atoms with Gasteiger partial charge in [-0.05, 0) is 25.1 Å². The van der Waals surface area contributed by atoms with Crippen LogP contribution in [0.3, 0.4) is 0 Å². The number of piperazine rings is 1. The summed E-state index contributed by atoms with van der Waals surface area (Å²) in [7, 11) is 0. The summed E-state index contributed by atoms with van der Waals surface area (Å²) in [4.78, 5) is 14.1. The standard InChI is InChI=1S/C12H15ClN2O2/c1-8-7-14-4-5-15(8)12(17)9-2-3-11(16)10(13)6-9/h2-3,6,8,14,16H,4-5,7H2,1H3/t8-/m1/s1. The number of hydrogen-bond donors (Lipinski definition) is 2. The Morgan fingerprint density at radius 2 is 2.35 bits per heavy atom. The number of hydrogen-bond acceptors (Lipinski definition) is 3. The van der Waals surface area contributed by atoms with Gasteiger partial charge >= 0.3 is 0 Å². The molecule has 1 aromatic rings. The third-order valence-corrected chi connectivity index (χ3v) is 3.26. The van der Waals surface area contributed by atoms with Gasteiger partial charge in [0.1, 0.15) is 5.75 Å². The van der Waals surface area contributed by atoms with E-state index in [0.717, 1.165) is 13.1 Å². The van der Waals surface area contributed by atoms with Gasteiger partial charge in [0.05, 0.1) is 5.02 Å². The van der Waals surface area contributed by atoms with E-state index in [9.17, 15) is 9.90 Å². The van der Waals surface area contributed by atoms with Gasteiger partial charge in [0.25, 0.3) is 5.91 Å². The number of halogens is 1. The molecule has 1 aliphatic heterocycles. The van der Waals surface area contributed by atoms with Gasteiger partial charge in [0.2, 0.25) is 0 Å². The molecular weight excluding hydrogens is 240 g/mol. The van der Waals surface area contributed by atoms with Crippen molar-refractivity contribution >= 4 is 17.5 Å². The van der Waals surface area contributed by atoms with E-state index in [1.165, 1.54) is 12.1 Å². The largest absolute Gasteiger partial charge is 0.506 e. The fraction of sp³-hybridized carbons (Fsp3) is 0.417. The van der Waals surface area contributed by atoms with Crippen molar-refractivity contribution in [3.63, 3.8) is 0 Å². The zero-order valence-electron chi connectivity index (χ0n) is 9.61. The van der Waals surface area contributed by atoms with Gasteiger partial charge in [-0.1, -0.05) is 11.6 Å². The van der Waals surface area contributed by atoms with Gasteiger partial charge in [0.15, 0.2) is 0 Å². The average Bonchev–Trinajstić information content (AvgIpc) is 2.32. The minimum Gasteiger partial charge on any atom is -0.506 e. The first-order chi connectivity index (χ1) is 8.09. The molecule has 4 nitrogen and oxygen atoms in total. The van der Waals surface area contributed by atoms with Crippen LogP contribution in [0.2, 0.25) is 5.02 Å². The number of benzene rings is 1. The van der Waals surface area contributed by atoms with Gasteiger partial charge in [-0.2, -0.15) is 0 Å². The summed E-state index contributed by atoms with van der Waals surface area (Å²) < 4.78 is 0. The molecule has 0 bridgehead atoms. The highest BCUT2D eigenvalue weighted by molar-refractivity contribution is 6.32. The molecule has 2 rings (SSSR count). The maximum absolute atomic E-state index is 12.2. The van der Waals surface area contributed by atoms with Crippen LogP contribution >= 0.6 is 11.6 Å². The van der Waals surface area contributed by atoms with Crippen LogP contribution in [-0.2, 0) is 0 Å². The van der Waals surface area contributed by atoms with E-state index in [2.05, 4.69) is 5.32 Å². The molecule has 1 amide bonds. The molecule has 2 N–H and O–H groups in total. The van der Waals surface area contributed by atoms with Crippen molar-refractivity contribution in [2.24, 2.45) is 0 Å². The van der Waals surface area contributed by atoms with Crippen molar-refractivity contribution in [2.45, 2.75) is 13.0 Å².